The summed E-state index contributed by atoms with van der Waals surface area (Å²) in [5, 5.41) is 5.52. The lowest BCUT2D eigenvalue weighted by molar-refractivity contribution is 0.0531. The summed E-state index contributed by atoms with van der Waals surface area (Å²) in [7, 11) is 3.09. The van der Waals surface area contributed by atoms with Crippen LogP contribution in [0.25, 0.3) is 27.9 Å². The van der Waals surface area contributed by atoms with Gasteiger partial charge < -0.3 is 18.6 Å². The number of anilines is 1. The number of aryl methyl sites for hydroxylation is 1. The van der Waals surface area contributed by atoms with Crippen LogP contribution >= 0.6 is 11.3 Å². The molecule has 0 aliphatic carbocycles. The predicted molar refractivity (Wildman–Crippen MR) is 176 cm³/mol. The maximum Gasteiger partial charge on any atom is 0.350 e. The zero-order valence-electron chi connectivity index (χ0n) is 25.8. The molecule has 0 spiro atoms. The topological polar surface area (TPSA) is 126 Å². The Balaban J connectivity index is 1.52. The van der Waals surface area contributed by atoms with Crippen LogP contribution in [0.3, 0.4) is 0 Å². The third kappa shape index (κ3) is 4.93. The Morgan fingerprint density at radius 1 is 0.979 bits per heavy atom. The molecule has 1 amide bonds. The SMILES string of the molecule is CCOC(=O)c1sc(N2C(=O)c3oc4ccccc4c(=O)c3C2c2cn(-c3ccccc3)nc2-c2ccc(OC)c(OC)c2)nc1C. The van der Waals surface area contributed by atoms with Crippen molar-refractivity contribution in [2.75, 3.05) is 25.7 Å². The molecule has 1 aliphatic heterocycles. The normalized spacial score (nSPS) is 14.0. The number of amides is 1. The summed E-state index contributed by atoms with van der Waals surface area (Å²) in [6.45, 7) is 3.57. The first-order valence-corrected chi connectivity index (χ1v) is 15.6. The van der Waals surface area contributed by atoms with Crippen LogP contribution in [0.5, 0.6) is 11.5 Å². The monoisotopic (exact) mass is 648 g/mol. The molecule has 236 valence electrons. The molecule has 0 bridgehead atoms. The number of hydrogen-bond donors (Lipinski definition) is 0. The third-order valence-corrected chi connectivity index (χ3v) is 9.08. The molecule has 12 heteroatoms. The molecule has 0 fully saturated rings. The van der Waals surface area contributed by atoms with Crippen LogP contribution in [0.1, 0.15) is 50.0 Å². The molecule has 4 heterocycles. The van der Waals surface area contributed by atoms with E-state index in [1.165, 1.54) is 4.90 Å². The van der Waals surface area contributed by atoms with E-state index in [1.807, 2.05) is 36.4 Å². The molecule has 0 saturated carbocycles. The van der Waals surface area contributed by atoms with Crippen molar-refractivity contribution in [3.8, 4) is 28.4 Å². The summed E-state index contributed by atoms with van der Waals surface area (Å²) < 4.78 is 24.2. The highest BCUT2D eigenvalue weighted by Gasteiger charge is 2.47. The van der Waals surface area contributed by atoms with E-state index in [4.69, 9.17) is 23.7 Å². The smallest absolute Gasteiger partial charge is 0.350 e. The Kier molecular flexibility index (Phi) is 7.57. The standard InChI is InChI=1S/C35H28N4O7S/c1-5-45-34(42)32-19(2)36-35(47-32)39-29(27-30(40)22-13-9-10-14-24(22)46-31(27)33(39)41)23-18-38(21-11-7-6-8-12-21)37-28(23)20-15-16-25(43-3)26(17-20)44-4/h6-18,29H,5H2,1-4H3. The summed E-state index contributed by atoms with van der Waals surface area (Å²) in [5.74, 6) is -0.208. The number of nitrogens with zero attached hydrogens (tertiary/aromatic N) is 4. The number of para-hydroxylation sites is 2. The highest BCUT2D eigenvalue weighted by Crippen LogP contribution is 2.46. The van der Waals surface area contributed by atoms with Crippen LogP contribution < -0.4 is 19.8 Å². The fourth-order valence-electron chi connectivity index (χ4n) is 5.79. The average molecular weight is 649 g/mol. The third-order valence-electron chi connectivity index (χ3n) is 7.94. The van der Waals surface area contributed by atoms with Crippen molar-refractivity contribution in [1.82, 2.24) is 14.8 Å². The van der Waals surface area contributed by atoms with Gasteiger partial charge in [-0.1, -0.05) is 41.7 Å². The highest BCUT2D eigenvalue weighted by molar-refractivity contribution is 7.17. The number of thiazole rings is 1. The number of benzene rings is 3. The molecule has 7 rings (SSSR count). The Morgan fingerprint density at radius 3 is 2.47 bits per heavy atom. The molecule has 47 heavy (non-hydrogen) atoms. The molecule has 0 radical (unpaired) electrons. The zero-order chi connectivity index (χ0) is 32.8. The van der Waals surface area contributed by atoms with Gasteiger partial charge in [0.1, 0.15) is 16.5 Å². The van der Waals surface area contributed by atoms with Gasteiger partial charge in [0.05, 0.1) is 48.9 Å². The Bertz CT molecular complexity index is 2240. The van der Waals surface area contributed by atoms with Gasteiger partial charge in [-0.2, -0.15) is 5.10 Å². The van der Waals surface area contributed by atoms with Gasteiger partial charge in [0.2, 0.25) is 5.76 Å². The Morgan fingerprint density at radius 2 is 1.72 bits per heavy atom. The number of hydrogen-bond acceptors (Lipinski definition) is 10. The van der Waals surface area contributed by atoms with Crippen LogP contribution in [0.2, 0.25) is 0 Å². The van der Waals surface area contributed by atoms with Crippen LogP contribution in [-0.4, -0.2) is 47.5 Å². The van der Waals surface area contributed by atoms with Crippen molar-refractivity contribution in [2.24, 2.45) is 0 Å². The largest absolute Gasteiger partial charge is 0.493 e. The minimum Gasteiger partial charge on any atom is -0.493 e. The maximum absolute atomic E-state index is 14.4. The molecule has 3 aromatic heterocycles. The Hall–Kier alpha value is -5.75. The number of aromatic nitrogens is 3. The fourth-order valence-corrected chi connectivity index (χ4v) is 6.78. The van der Waals surface area contributed by atoms with Crippen molar-refractivity contribution < 1.29 is 28.2 Å². The van der Waals surface area contributed by atoms with E-state index >= 15 is 0 Å². The van der Waals surface area contributed by atoms with Gasteiger partial charge in [0.15, 0.2) is 22.1 Å². The summed E-state index contributed by atoms with van der Waals surface area (Å²) >= 11 is 1.02. The number of esters is 1. The number of fused-ring (bicyclic) bond motifs is 2. The first kappa shape index (κ1) is 29.9. The van der Waals surface area contributed by atoms with Crippen molar-refractivity contribution >= 4 is 39.3 Å². The first-order valence-electron chi connectivity index (χ1n) is 14.8. The van der Waals surface area contributed by atoms with Gasteiger partial charge >= 0.3 is 5.97 Å². The molecule has 0 N–H and O–H groups in total. The number of carbonyl (C=O) groups is 2. The summed E-state index contributed by atoms with van der Waals surface area (Å²) in [6, 6.07) is 20.7. The van der Waals surface area contributed by atoms with Crippen LogP contribution in [0, 0.1) is 6.92 Å². The molecular weight excluding hydrogens is 620 g/mol. The first-order chi connectivity index (χ1) is 22.8. The molecule has 1 aliphatic rings. The summed E-state index contributed by atoms with van der Waals surface area (Å²) in [4.78, 5) is 47.8. The van der Waals surface area contributed by atoms with Crippen LogP contribution in [-0.2, 0) is 4.74 Å². The van der Waals surface area contributed by atoms with E-state index < -0.39 is 17.9 Å². The lowest BCUT2D eigenvalue weighted by Gasteiger charge is -2.22. The molecule has 0 saturated heterocycles. The summed E-state index contributed by atoms with van der Waals surface area (Å²) in [5.41, 5.74) is 2.90. The molecule has 1 atom stereocenters. The van der Waals surface area contributed by atoms with E-state index in [9.17, 15) is 14.4 Å². The van der Waals surface area contributed by atoms with E-state index in [1.54, 1.807) is 75.3 Å². The van der Waals surface area contributed by atoms with Gasteiger partial charge in [-0.15, -0.1) is 0 Å². The van der Waals surface area contributed by atoms with Crippen molar-refractivity contribution in [3.63, 3.8) is 0 Å². The molecular formula is C35H28N4O7S. The van der Waals surface area contributed by atoms with E-state index in [0.29, 0.717) is 39.4 Å². The number of rotatable bonds is 8. The second kappa shape index (κ2) is 11.9. The van der Waals surface area contributed by atoms with Crippen molar-refractivity contribution in [3.05, 3.63) is 117 Å². The lowest BCUT2D eigenvalue weighted by atomic mass is 9.96. The van der Waals surface area contributed by atoms with Crippen LogP contribution in [0.4, 0.5) is 5.13 Å². The highest BCUT2D eigenvalue weighted by atomic mass is 32.1. The minimum atomic E-state index is -1.01. The molecule has 11 nitrogen and oxygen atoms in total. The minimum absolute atomic E-state index is 0.102. The predicted octanol–water partition coefficient (Wildman–Crippen LogP) is 6.35. The molecule has 3 aromatic carbocycles. The summed E-state index contributed by atoms with van der Waals surface area (Å²) in [6.07, 6.45) is 1.79. The van der Waals surface area contributed by atoms with Gasteiger partial charge in [0, 0.05) is 17.3 Å². The van der Waals surface area contributed by atoms with Gasteiger partial charge in [-0.25, -0.2) is 14.5 Å². The number of carbonyl (C=O) groups excluding carboxylic acids is 2. The quantitative estimate of drug-likeness (QED) is 0.174. The number of methoxy groups -OCH3 is 2. The fraction of sp³-hybridized carbons (Fsp3) is 0.171. The number of ether oxygens (including phenoxy) is 3. The lowest BCUT2D eigenvalue weighted by Crippen LogP contribution is -2.29. The second-order valence-electron chi connectivity index (χ2n) is 10.7. The van der Waals surface area contributed by atoms with Crippen molar-refractivity contribution in [1.29, 1.82) is 0 Å². The molecule has 1 unspecified atom stereocenters. The Labute approximate surface area is 272 Å². The van der Waals surface area contributed by atoms with E-state index in [0.717, 1.165) is 17.0 Å². The zero-order valence-corrected chi connectivity index (χ0v) is 26.7. The molecule has 6 aromatic rings. The second-order valence-corrected chi connectivity index (χ2v) is 11.6. The van der Waals surface area contributed by atoms with Crippen molar-refractivity contribution in [2.45, 2.75) is 19.9 Å². The van der Waals surface area contributed by atoms with Crippen LogP contribution in [0.15, 0.2) is 88.2 Å². The van der Waals surface area contributed by atoms with Gasteiger partial charge in [-0.3, -0.25) is 14.5 Å². The van der Waals surface area contributed by atoms with Gasteiger partial charge in [-0.05, 0) is 56.3 Å². The van der Waals surface area contributed by atoms with Gasteiger partial charge in [0.25, 0.3) is 5.91 Å². The van der Waals surface area contributed by atoms with E-state index in [-0.39, 0.29) is 39.0 Å². The average Bonchev–Trinajstić information content (AvgIpc) is 3.78. The van der Waals surface area contributed by atoms with E-state index in [2.05, 4.69) is 4.98 Å². The maximum atomic E-state index is 14.4.